The second kappa shape index (κ2) is 11.1. The second-order valence-corrected chi connectivity index (χ2v) is 6.12. The first kappa shape index (κ1) is 19.4. The zero-order valence-electron chi connectivity index (χ0n) is 14.4. The zero-order chi connectivity index (χ0) is 15.5. The Labute approximate surface area is 125 Å². The SMILES string of the molecule is CCN(CC)CCN(CC(C)C)C(=O)CCNC(C)C. The van der Waals surface area contributed by atoms with Crippen LogP contribution in [0, 0.1) is 5.92 Å². The number of nitrogens with one attached hydrogen (secondary N) is 1. The summed E-state index contributed by atoms with van der Waals surface area (Å²) in [4.78, 5) is 16.7. The summed E-state index contributed by atoms with van der Waals surface area (Å²) in [5, 5.41) is 3.31. The van der Waals surface area contributed by atoms with Crippen molar-refractivity contribution in [2.45, 2.75) is 54.0 Å². The van der Waals surface area contributed by atoms with Gasteiger partial charge in [0.25, 0.3) is 0 Å². The Morgan fingerprint density at radius 3 is 2.10 bits per heavy atom. The van der Waals surface area contributed by atoms with Gasteiger partial charge in [0.1, 0.15) is 0 Å². The Kier molecular flexibility index (Phi) is 10.8. The van der Waals surface area contributed by atoms with Crippen LogP contribution in [-0.2, 0) is 4.79 Å². The largest absolute Gasteiger partial charge is 0.341 e. The van der Waals surface area contributed by atoms with Gasteiger partial charge in [0.15, 0.2) is 0 Å². The summed E-state index contributed by atoms with van der Waals surface area (Å²) in [5.74, 6) is 0.799. The van der Waals surface area contributed by atoms with Crippen LogP contribution in [0.15, 0.2) is 0 Å². The fourth-order valence-corrected chi connectivity index (χ4v) is 2.19. The maximum Gasteiger partial charge on any atom is 0.223 e. The molecule has 0 heterocycles. The minimum Gasteiger partial charge on any atom is -0.341 e. The number of amides is 1. The first-order valence-electron chi connectivity index (χ1n) is 8.14. The van der Waals surface area contributed by atoms with Crippen molar-refractivity contribution in [1.29, 1.82) is 0 Å². The van der Waals surface area contributed by atoms with E-state index in [1.165, 1.54) is 0 Å². The summed E-state index contributed by atoms with van der Waals surface area (Å²) in [5.41, 5.74) is 0. The van der Waals surface area contributed by atoms with Crippen molar-refractivity contribution in [1.82, 2.24) is 15.1 Å². The van der Waals surface area contributed by atoms with Crippen LogP contribution >= 0.6 is 0 Å². The molecule has 0 bridgehead atoms. The number of carbonyl (C=O) groups excluding carboxylic acids is 1. The monoisotopic (exact) mass is 285 g/mol. The summed E-state index contributed by atoms with van der Waals surface area (Å²) in [6, 6.07) is 0.442. The van der Waals surface area contributed by atoms with Gasteiger partial charge in [-0.1, -0.05) is 41.5 Å². The lowest BCUT2D eigenvalue weighted by molar-refractivity contribution is -0.131. The van der Waals surface area contributed by atoms with Crippen molar-refractivity contribution in [3.8, 4) is 0 Å². The first-order chi connectivity index (χ1) is 9.40. The van der Waals surface area contributed by atoms with E-state index in [9.17, 15) is 4.79 Å². The van der Waals surface area contributed by atoms with E-state index < -0.39 is 0 Å². The summed E-state index contributed by atoms with van der Waals surface area (Å²) in [6.07, 6.45) is 0.600. The van der Waals surface area contributed by atoms with Gasteiger partial charge in [-0.05, 0) is 19.0 Å². The molecular formula is C16H35N3O. The molecule has 4 heteroatoms. The zero-order valence-corrected chi connectivity index (χ0v) is 14.4. The molecule has 0 saturated carbocycles. The van der Waals surface area contributed by atoms with Crippen LogP contribution in [0.1, 0.15) is 48.0 Å². The molecule has 0 spiro atoms. The molecule has 120 valence electrons. The van der Waals surface area contributed by atoms with Gasteiger partial charge in [0.05, 0.1) is 0 Å². The molecule has 0 unspecified atom stereocenters. The number of hydrogen-bond acceptors (Lipinski definition) is 3. The maximum absolute atomic E-state index is 12.3. The van der Waals surface area contributed by atoms with Crippen LogP contribution in [0.5, 0.6) is 0 Å². The average molecular weight is 285 g/mol. The van der Waals surface area contributed by atoms with E-state index in [0.29, 0.717) is 18.4 Å². The molecule has 0 rings (SSSR count). The molecule has 1 N–H and O–H groups in total. The highest BCUT2D eigenvalue weighted by Gasteiger charge is 2.15. The van der Waals surface area contributed by atoms with Crippen molar-refractivity contribution in [3.05, 3.63) is 0 Å². The molecule has 0 aromatic carbocycles. The maximum atomic E-state index is 12.3. The summed E-state index contributed by atoms with van der Waals surface area (Å²) in [6.45, 7) is 18.5. The van der Waals surface area contributed by atoms with Crippen LogP contribution in [0.25, 0.3) is 0 Å². The Bertz CT molecular complexity index is 250. The van der Waals surface area contributed by atoms with Crippen molar-refractivity contribution >= 4 is 5.91 Å². The molecule has 1 amide bonds. The molecular weight excluding hydrogens is 250 g/mol. The van der Waals surface area contributed by atoms with Crippen LogP contribution in [0.2, 0.25) is 0 Å². The van der Waals surface area contributed by atoms with Gasteiger partial charge in [-0.25, -0.2) is 0 Å². The molecule has 0 aromatic heterocycles. The molecule has 0 atom stereocenters. The standard InChI is InChI=1S/C16H35N3O/c1-7-18(8-2)11-12-19(13-14(3)4)16(20)9-10-17-15(5)6/h14-15,17H,7-13H2,1-6H3. The minimum atomic E-state index is 0.277. The van der Waals surface area contributed by atoms with Crippen LogP contribution in [0.3, 0.4) is 0 Å². The highest BCUT2D eigenvalue weighted by Crippen LogP contribution is 2.02. The molecule has 0 saturated heterocycles. The molecule has 0 fully saturated rings. The third kappa shape index (κ3) is 9.32. The molecule has 0 aromatic rings. The van der Waals surface area contributed by atoms with E-state index in [0.717, 1.165) is 39.3 Å². The fourth-order valence-electron chi connectivity index (χ4n) is 2.19. The Balaban J connectivity index is 4.27. The van der Waals surface area contributed by atoms with E-state index in [-0.39, 0.29) is 5.91 Å². The van der Waals surface area contributed by atoms with Crippen LogP contribution in [0.4, 0.5) is 0 Å². The topological polar surface area (TPSA) is 35.6 Å². The third-order valence-corrected chi connectivity index (χ3v) is 3.41. The molecule has 0 aliphatic rings. The lowest BCUT2D eigenvalue weighted by Gasteiger charge is -2.28. The average Bonchev–Trinajstić information content (AvgIpc) is 2.37. The number of rotatable bonds is 11. The highest BCUT2D eigenvalue weighted by molar-refractivity contribution is 5.76. The van der Waals surface area contributed by atoms with E-state index >= 15 is 0 Å². The summed E-state index contributed by atoms with van der Waals surface area (Å²) < 4.78 is 0. The molecule has 0 radical (unpaired) electrons. The van der Waals surface area contributed by atoms with Gasteiger partial charge in [-0.15, -0.1) is 0 Å². The number of carbonyl (C=O) groups is 1. The third-order valence-electron chi connectivity index (χ3n) is 3.41. The lowest BCUT2D eigenvalue weighted by atomic mass is 10.2. The van der Waals surface area contributed by atoms with Crippen LogP contribution in [-0.4, -0.2) is 61.0 Å². The number of nitrogens with zero attached hydrogens (tertiary/aromatic N) is 2. The quantitative estimate of drug-likeness (QED) is 0.632. The molecule has 4 nitrogen and oxygen atoms in total. The van der Waals surface area contributed by atoms with Gasteiger partial charge < -0.3 is 15.1 Å². The summed E-state index contributed by atoms with van der Waals surface area (Å²) in [7, 11) is 0. The smallest absolute Gasteiger partial charge is 0.223 e. The van der Waals surface area contributed by atoms with Crippen molar-refractivity contribution < 1.29 is 4.79 Å². The Morgan fingerprint density at radius 1 is 1.05 bits per heavy atom. The van der Waals surface area contributed by atoms with Gasteiger partial charge in [0.2, 0.25) is 5.91 Å². The van der Waals surface area contributed by atoms with E-state index in [2.05, 4.69) is 51.8 Å². The van der Waals surface area contributed by atoms with Gasteiger partial charge >= 0.3 is 0 Å². The predicted molar refractivity (Wildman–Crippen MR) is 87.0 cm³/mol. The van der Waals surface area contributed by atoms with Crippen molar-refractivity contribution in [2.24, 2.45) is 5.92 Å². The minimum absolute atomic E-state index is 0.277. The fraction of sp³-hybridized carbons (Fsp3) is 0.938. The summed E-state index contributed by atoms with van der Waals surface area (Å²) >= 11 is 0. The van der Waals surface area contributed by atoms with E-state index in [1.807, 2.05) is 4.90 Å². The Hall–Kier alpha value is -0.610. The van der Waals surface area contributed by atoms with Gasteiger partial charge in [0, 0.05) is 38.6 Å². The number of likely N-dealkylation sites (N-methyl/N-ethyl adjacent to an activating group) is 1. The Morgan fingerprint density at radius 2 is 1.65 bits per heavy atom. The molecule has 20 heavy (non-hydrogen) atoms. The van der Waals surface area contributed by atoms with Crippen molar-refractivity contribution in [2.75, 3.05) is 39.3 Å². The molecule has 0 aliphatic carbocycles. The first-order valence-corrected chi connectivity index (χ1v) is 8.14. The second-order valence-electron chi connectivity index (χ2n) is 6.12. The van der Waals surface area contributed by atoms with E-state index in [4.69, 9.17) is 0 Å². The molecule has 0 aliphatic heterocycles. The van der Waals surface area contributed by atoms with Crippen LogP contribution < -0.4 is 5.32 Å². The normalized spacial score (nSPS) is 11.7. The van der Waals surface area contributed by atoms with Gasteiger partial charge in [-0.3, -0.25) is 4.79 Å². The predicted octanol–water partition coefficient (Wildman–Crippen LogP) is 2.20. The van der Waals surface area contributed by atoms with Crippen molar-refractivity contribution in [3.63, 3.8) is 0 Å². The van der Waals surface area contributed by atoms with E-state index in [1.54, 1.807) is 0 Å². The highest BCUT2D eigenvalue weighted by atomic mass is 16.2. The van der Waals surface area contributed by atoms with Gasteiger partial charge in [-0.2, -0.15) is 0 Å². The lowest BCUT2D eigenvalue weighted by Crippen LogP contribution is -2.41. The number of hydrogen-bond donors (Lipinski definition) is 1.